The quantitative estimate of drug-likeness (QED) is 0.831. The van der Waals surface area contributed by atoms with Crippen LogP contribution in [-0.4, -0.2) is 58.3 Å². The van der Waals surface area contributed by atoms with Gasteiger partial charge in [-0.3, -0.25) is 4.79 Å². The number of ether oxygens (including phenoxy) is 3. The van der Waals surface area contributed by atoms with Gasteiger partial charge >= 0.3 is 0 Å². The highest BCUT2D eigenvalue weighted by Crippen LogP contribution is 2.25. The summed E-state index contributed by atoms with van der Waals surface area (Å²) in [5.74, 6) is 2.10. The van der Waals surface area contributed by atoms with E-state index in [4.69, 9.17) is 14.2 Å². The fourth-order valence-corrected chi connectivity index (χ4v) is 3.39. The minimum Gasteiger partial charge on any atom is -0.497 e. The van der Waals surface area contributed by atoms with E-state index in [9.17, 15) is 4.79 Å². The Bertz CT molecular complexity index is 768. The zero-order valence-corrected chi connectivity index (χ0v) is 16.2. The van der Waals surface area contributed by atoms with Crippen LogP contribution in [0.4, 0.5) is 0 Å². The number of amides is 1. The second-order valence-electron chi connectivity index (χ2n) is 6.63. The molecule has 0 bridgehead atoms. The number of carbonyl (C=O) groups excluding carboxylic acids is 1. The predicted molar refractivity (Wildman–Crippen MR) is 103 cm³/mol. The molecule has 6 heteroatoms. The SMILES string of the molecule is COc1ccc(C[NH+]2CCN(C(=O)c3cc(OC)ccc3OC)CC2)cc1. The number of nitrogens with one attached hydrogen (secondary N) is 1. The molecule has 0 unspecified atom stereocenters. The van der Waals surface area contributed by atoms with E-state index in [1.807, 2.05) is 17.0 Å². The van der Waals surface area contributed by atoms with Crippen molar-refractivity contribution in [3.8, 4) is 17.2 Å². The summed E-state index contributed by atoms with van der Waals surface area (Å²) in [6.07, 6.45) is 0. The lowest BCUT2D eigenvalue weighted by atomic mass is 10.1. The number of methoxy groups -OCH3 is 3. The van der Waals surface area contributed by atoms with Gasteiger partial charge in [-0.2, -0.15) is 0 Å². The number of hydrogen-bond acceptors (Lipinski definition) is 4. The van der Waals surface area contributed by atoms with Crippen LogP contribution in [0.25, 0.3) is 0 Å². The van der Waals surface area contributed by atoms with Crippen molar-refractivity contribution in [2.45, 2.75) is 6.54 Å². The molecule has 27 heavy (non-hydrogen) atoms. The highest BCUT2D eigenvalue weighted by atomic mass is 16.5. The van der Waals surface area contributed by atoms with E-state index in [0.29, 0.717) is 17.1 Å². The van der Waals surface area contributed by atoms with E-state index in [1.165, 1.54) is 10.5 Å². The van der Waals surface area contributed by atoms with Crippen molar-refractivity contribution in [1.29, 1.82) is 0 Å². The van der Waals surface area contributed by atoms with E-state index in [0.717, 1.165) is 38.5 Å². The molecule has 0 atom stereocenters. The normalized spacial score (nSPS) is 14.7. The maximum Gasteiger partial charge on any atom is 0.258 e. The van der Waals surface area contributed by atoms with Crippen LogP contribution >= 0.6 is 0 Å². The van der Waals surface area contributed by atoms with E-state index >= 15 is 0 Å². The molecule has 1 saturated heterocycles. The van der Waals surface area contributed by atoms with Crippen LogP contribution in [0, 0.1) is 0 Å². The lowest BCUT2D eigenvalue weighted by Crippen LogP contribution is -3.13. The Labute approximate surface area is 160 Å². The lowest BCUT2D eigenvalue weighted by Gasteiger charge is -2.32. The monoisotopic (exact) mass is 371 g/mol. The summed E-state index contributed by atoms with van der Waals surface area (Å²) in [6, 6.07) is 13.5. The van der Waals surface area contributed by atoms with Gasteiger partial charge in [0.05, 0.1) is 53.1 Å². The average Bonchev–Trinajstić information content (AvgIpc) is 2.73. The molecule has 0 aromatic heterocycles. The third-order valence-electron chi connectivity index (χ3n) is 5.01. The molecule has 1 fully saturated rings. The molecule has 1 aliphatic rings. The van der Waals surface area contributed by atoms with Crippen molar-refractivity contribution >= 4 is 5.91 Å². The number of hydrogen-bond donors (Lipinski definition) is 1. The van der Waals surface area contributed by atoms with Gasteiger partial charge in [0.2, 0.25) is 0 Å². The molecule has 2 aromatic rings. The van der Waals surface area contributed by atoms with Crippen molar-refractivity contribution in [2.75, 3.05) is 47.5 Å². The fraction of sp³-hybridized carbons (Fsp3) is 0.381. The fourth-order valence-electron chi connectivity index (χ4n) is 3.39. The zero-order valence-electron chi connectivity index (χ0n) is 16.2. The summed E-state index contributed by atoms with van der Waals surface area (Å²) >= 11 is 0. The zero-order chi connectivity index (χ0) is 19.2. The Morgan fingerprint density at radius 3 is 2.15 bits per heavy atom. The minimum atomic E-state index is -0.00533. The molecule has 0 spiro atoms. The Balaban J connectivity index is 1.60. The van der Waals surface area contributed by atoms with E-state index < -0.39 is 0 Å². The molecular formula is C21H27N2O4+. The summed E-state index contributed by atoms with van der Waals surface area (Å²) in [5.41, 5.74) is 1.83. The van der Waals surface area contributed by atoms with Crippen molar-refractivity contribution in [3.05, 3.63) is 53.6 Å². The van der Waals surface area contributed by atoms with Crippen LogP contribution in [0.3, 0.4) is 0 Å². The predicted octanol–water partition coefficient (Wildman–Crippen LogP) is 1.25. The van der Waals surface area contributed by atoms with Crippen LogP contribution in [0.15, 0.2) is 42.5 Å². The summed E-state index contributed by atoms with van der Waals surface area (Å²) in [7, 11) is 4.85. The maximum absolute atomic E-state index is 13.0. The van der Waals surface area contributed by atoms with Gasteiger partial charge in [0.25, 0.3) is 5.91 Å². The second-order valence-corrected chi connectivity index (χ2v) is 6.63. The summed E-state index contributed by atoms with van der Waals surface area (Å²) < 4.78 is 15.8. The van der Waals surface area contributed by atoms with Crippen molar-refractivity contribution < 1.29 is 23.9 Å². The van der Waals surface area contributed by atoms with Gasteiger partial charge in [0.15, 0.2) is 0 Å². The Morgan fingerprint density at radius 1 is 0.926 bits per heavy atom. The van der Waals surface area contributed by atoms with Crippen molar-refractivity contribution in [3.63, 3.8) is 0 Å². The molecule has 0 radical (unpaired) electrons. The summed E-state index contributed by atoms with van der Waals surface area (Å²) in [6.45, 7) is 4.25. The third kappa shape index (κ3) is 4.52. The van der Waals surface area contributed by atoms with Gasteiger partial charge in [-0.15, -0.1) is 0 Å². The number of nitrogens with zero attached hydrogens (tertiary/aromatic N) is 1. The van der Waals surface area contributed by atoms with Crippen LogP contribution < -0.4 is 19.1 Å². The first kappa shape index (κ1) is 19.0. The molecule has 1 aliphatic heterocycles. The summed E-state index contributed by atoms with van der Waals surface area (Å²) in [5, 5.41) is 0. The van der Waals surface area contributed by atoms with Crippen molar-refractivity contribution in [1.82, 2.24) is 4.90 Å². The standard InChI is InChI=1S/C21H26N2O4/c1-25-17-6-4-16(5-7-17)15-22-10-12-23(13-11-22)21(24)19-14-18(26-2)8-9-20(19)27-3/h4-9,14H,10-13,15H2,1-3H3/p+1. The third-order valence-corrected chi connectivity index (χ3v) is 5.01. The van der Waals surface area contributed by atoms with Crippen LogP contribution in [0.1, 0.15) is 15.9 Å². The maximum atomic E-state index is 13.0. The molecular weight excluding hydrogens is 344 g/mol. The molecule has 1 amide bonds. The van der Waals surface area contributed by atoms with Gasteiger partial charge in [0.1, 0.15) is 23.8 Å². The second kappa shape index (κ2) is 8.77. The number of rotatable bonds is 6. The number of benzene rings is 2. The largest absolute Gasteiger partial charge is 0.497 e. The van der Waals surface area contributed by atoms with Crippen LogP contribution in [-0.2, 0) is 6.54 Å². The Hall–Kier alpha value is -2.73. The first-order valence-corrected chi connectivity index (χ1v) is 9.12. The average molecular weight is 371 g/mol. The highest BCUT2D eigenvalue weighted by molar-refractivity contribution is 5.97. The van der Waals surface area contributed by atoms with Crippen LogP contribution in [0.5, 0.6) is 17.2 Å². The molecule has 6 nitrogen and oxygen atoms in total. The Morgan fingerprint density at radius 2 is 1.56 bits per heavy atom. The molecule has 3 rings (SSSR count). The van der Waals surface area contributed by atoms with Gasteiger partial charge in [-0.25, -0.2) is 0 Å². The van der Waals surface area contributed by atoms with Gasteiger partial charge < -0.3 is 24.0 Å². The number of carbonyl (C=O) groups is 1. The van der Waals surface area contributed by atoms with Gasteiger partial charge in [0, 0.05) is 5.56 Å². The van der Waals surface area contributed by atoms with Gasteiger partial charge in [-0.1, -0.05) is 0 Å². The molecule has 144 valence electrons. The number of piperazine rings is 1. The molecule has 1 heterocycles. The Kier molecular flexibility index (Phi) is 6.19. The summed E-state index contributed by atoms with van der Waals surface area (Å²) in [4.78, 5) is 16.3. The molecule has 1 N–H and O–H groups in total. The molecule has 2 aromatic carbocycles. The van der Waals surface area contributed by atoms with E-state index in [2.05, 4.69) is 12.1 Å². The van der Waals surface area contributed by atoms with Crippen molar-refractivity contribution in [2.24, 2.45) is 0 Å². The lowest BCUT2D eigenvalue weighted by molar-refractivity contribution is -0.917. The van der Waals surface area contributed by atoms with Gasteiger partial charge in [-0.05, 0) is 42.5 Å². The minimum absolute atomic E-state index is 0.00533. The highest BCUT2D eigenvalue weighted by Gasteiger charge is 2.26. The smallest absolute Gasteiger partial charge is 0.258 e. The topological polar surface area (TPSA) is 52.4 Å². The van der Waals surface area contributed by atoms with E-state index in [1.54, 1.807) is 39.5 Å². The first-order chi connectivity index (χ1) is 13.1. The van der Waals surface area contributed by atoms with Crippen LogP contribution in [0.2, 0.25) is 0 Å². The molecule has 0 aliphatic carbocycles. The number of quaternary nitrogens is 1. The molecule has 0 saturated carbocycles. The van der Waals surface area contributed by atoms with E-state index in [-0.39, 0.29) is 5.91 Å². The first-order valence-electron chi connectivity index (χ1n) is 9.12.